The Bertz CT molecular complexity index is 776. The number of alkyl halides is 1. The average molecular weight is 460 g/mol. The van der Waals surface area contributed by atoms with Gasteiger partial charge in [-0.3, -0.25) is 4.99 Å². The molecule has 4 atom stereocenters. The molecule has 3 aliphatic rings. The Morgan fingerprint density at radius 1 is 1.19 bits per heavy atom. The highest BCUT2D eigenvalue weighted by molar-refractivity contribution is 7.80. The van der Waals surface area contributed by atoms with Crippen LogP contribution in [0.2, 0.25) is 0 Å². The van der Waals surface area contributed by atoms with Gasteiger partial charge in [0.15, 0.2) is 0 Å². The van der Waals surface area contributed by atoms with Crippen LogP contribution < -0.4 is 11.1 Å². The van der Waals surface area contributed by atoms with E-state index in [1.165, 1.54) is 24.8 Å². The summed E-state index contributed by atoms with van der Waals surface area (Å²) in [7, 11) is 0. The second kappa shape index (κ2) is 9.99. The number of rotatable bonds is 7. The van der Waals surface area contributed by atoms with E-state index in [-0.39, 0.29) is 10.8 Å². The Kier molecular flexibility index (Phi) is 7.52. The summed E-state index contributed by atoms with van der Waals surface area (Å²) < 4.78 is 0. The molecule has 4 rings (SSSR count). The monoisotopic (exact) mass is 459 g/mol. The minimum Gasteiger partial charge on any atom is -0.328 e. The molecule has 0 aromatic heterocycles. The highest BCUT2D eigenvalue weighted by atomic mass is 35.5. The van der Waals surface area contributed by atoms with Crippen molar-refractivity contribution in [3.8, 4) is 0 Å². The van der Waals surface area contributed by atoms with E-state index in [0.717, 1.165) is 49.9 Å². The van der Waals surface area contributed by atoms with Crippen molar-refractivity contribution in [3.63, 3.8) is 0 Å². The summed E-state index contributed by atoms with van der Waals surface area (Å²) in [5.74, 6) is 1.11. The van der Waals surface area contributed by atoms with E-state index >= 15 is 0 Å². The van der Waals surface area contributed by atoms with Crippen molar-refractivity contribution < 1.29 is 0 Å². The van der Waals surface area contributed by atoms with E-state index in [1.54, 1.807) is 0 Å². The van der Waals surface area contributed by atoms with Gasteiger partial charge in [-0.2, -0.15) is 0 Å². The molecule has 3 aliphatic carbocycles. The first-order valence-corrected chi connectivity index (χ1v) is 13.1. The second-order valence-corrected chi connectivity index (χ2v) is 11.0. The fourth-order valence-corrected chi connectivity index (χ4v) is 7.51. The minimum absolute atomic E-state index is 0.00920. The van der Waals surface area contributed by atoms with Gasteiger partial charge in [-0.05, 0) is 80.6 Å². The molecule has 0 saturated heterocycles. The van der Waals surface area contributed by atoms with E-state index in [2.05, 4.69) is 48.8 Å². The first-order valence-electron chi connectivity index (χ1n) is 12.2. The molecule has 3 nitrogen and oxygen atoms in total. The SMILES string of the molecule is CCCC1CC2(c3ccccc3)CC(NCCl)CC1(C(=S)/N=C/C1CCC(N)CC1)C2. The summed E-state index contributed by atoms with van der Waals surface area (Å²) in [5.41, 5.74) is 7.72. The number of hydrogen-bond acceptors (Lipinski definition) is 3. The number of thiocarbonyl (C=S) groups is 1. The molecule has 1 aromatic rings. The summed E-state index contributed by atoms with van der Waals surface area (Å²) in [5, 5.41) is 3.57. The molecule has 0 spiro atoms. The van der Waals surface area contributed by atoms with E-state index in [9.17, 15) is 0 Å². The molecule has 5 heteroatoms. The third kappa shape index (κ3) is 4.78. The van der Waals surface area contributed by atoms with E-state index < -0.39 is 0 Å². The molecule has 3 saturated carbocycles. The maximum absolute atomic E-state index is 6.16. The lowest BCUT2D eigenvalue weighted by molar-refractivity contribution is 0.189. The van der Waals surface area contributed by atoms with Crippen molar-refractivity contribution in [1.29, 1.82) is 0 Å². The van der Waals surface area contributed by atoms with Crippen LogP contribution in [0.1, 0.15) is 76.7 Å². The van der Waals surface area contributed by atoms with Crippen molar-refractivity contribution in [3.05, 3.63) is 35.9 Å². The molecular weight excluding hydrogens is 422 g/mol. The lowest BCUT2D eigenvalue weighted by atomic mass is 9.63. The standard InChI is InChI=1S/C26H38ClN3S/c1-2-6-21-13-25(20-7-4-3-5-8-20)14-23(30-18-27)15-26(21,17-25)24(31)29-16-19-9-11-22(28)12-10-19/h3-5,7-8,16,19,21-23,30H,2,6,9-15,17-18,28H2,1H3/b29-16+. The van der Waals surface area contributed by atoms with Crippen LogP contribution in [0.25, 0.3) is 0 Å². The number of nitrogens with two attached hydrogens (primary N) is 1. The molecule has 0 radical (unpaired) electrons. The fourth-order valence-electron chi connectivity index (χ4n) is 6.91. The Morgan fingerprint density at radius 2 is 1.94 bits per heavy atom. The van der Waals surface area contributed by atoms with E-state index in [0.29, 0.717) is 29.9 Å². The third-order valence-electron chi connectivity index (χ3n) is 8.35. The van der Waals surface area contributed by atoms with Gasteiger partial charge in [-0.25, -0.2) is 0 Å². The first-order chi connectivity index (χ1) is 15.0. The number of nitrogens with one attached hydrogen (secondary N) is 1. The van der Waals surface area contributed by atoms with Gasteiger partial charge in [0.25, 0.3) is 0 Å². The normalized spacial score (nSPS) is 37.9. The summed E-state index contributed by atoms with van der Waals surface area (Å²) in [4.78, 5) is 5.97. The lowest BCUT2D eigenvalue weighted by Gasteiger charge is -2.45. The van der Waals surface area contributed by atoms with Crippen molar-refractivity contribution in [2.24, 2.45) is 28.0 Å². The van der Waals surface area contributed by atoms with Crippen LogP contribution in [0.3, 0.4) is 0 Å². The number of hydrogen-bond donors (Lipinski definition) is 2. The van der Waals surface area contributed by atoms with Crippen molar-refractivity contribution in [1.82, 2.24) is 5.32 Å². The topological polar surface area (TPSA) is 50.4 Å². The maximum atomic E-state index is 6.16. The molecule has 0 heterocycles. The second-order valence-electron chi connectivity index (χ2n) is 10.4. The van der Waals surface area contributed by atoms with Crippen LogP contribution in [0.4, 0.5) is 0 Å². The Labute approximate surface area is 198 Å². The molecule has 0 amide bonds. The van der Waals surface area contributed by atoms with Gasteiger partial charge in [-0.1, -0.05) is 55.9 Å². The predicted molar refractivity (Wildman–Crippen MR) is 136 cm³/mol. The summed E-state index contributed by atoms with van der Waals surface area (Å²) >= 11 is 12.3. The average Bonchev–Trinajstić information content (AvgIpc) is 3.02. The molecule has 2 bridgehead atoms. The summed E-state index contributed by atoms with van der Waals surface area (Å²) in [6.45, 7) is 2.30. The van der Waals surface area contributed by atoms with Gasteiger partial charge < -0.3 is 11.1 Å². The van der Waals surface area contributed by atoms with E-state index in [1.807, 2.05) is 0 Å². The van der Waals surface area contributed by atoms with Gasteiger partial charge in [-0.15, -0.1) is 11.6 Å². The van der Waals surface area contributed by atoms with Crippen molar-refractivity contribution >= 4 is 35.0 Å². The van der Waals surface area contributed by atoms with Crippen LogP contribution in [0.5, 0.6) is 0 Å². The van der Waals surface area contributed by atoms with Gasteiger partial charge in [0.1, 0.15) is 4.99 Å². The van der Waals surface area contributed by atoms with Gasteiger partial charge in [0.05, 0.1) is 6.00 Å². The van der Waals surface area contributed by atoms with Crippen LogP contribution in [0, 0.1) is 17.3 Å². The Balaban J connectivity index is 1.64. The zero-order valence-corrected chi connectivity index (χ0v) is 20.4. The molecule has 31 heavy (non-hydrogen) atoms. The van der Waals surface area contributed by atoms with Crippen LogP contribution in [-0.2, 0) is 5.41 Å². The molecular formula is C26H38ClN3S. The van der Waals surface area contributed by atoms with Crippen LogP contribution in [-0.4, -0.2) is 29.3 Å². The van der Waals surface area contributed by atoms with Crippen LogP contribution in [0.15, 0.2) is 35.3 Å². The number of nitrogens with zero attached hydrogens (tertiary/aromatic N) is 1. The summed E-state index contributed by atoms with van der Waals surface area (Å²) in [6, 6.07) is 12.4. The van der Waals surface area contributed by atoms with E-state index in [4.69, 9.17) is 34.5 Å². The van der Waals surface area contributed by atoms with Crippen molar-refractivity contribution in [2.75, 3.05) is 6.00 Å². The fraction of sp³-hybridized carbons (Fsp3) is 0.692. The molecule has 3 N–H and O–H groups in total. The number of aliphatic imine (C=N–C) groups is 1. The largest absolute Gasteiger partial charge is 0.328 e. The third-order valence-corrected chi connectivity index (χ3v) is 9.02. The predicted octanol–water partition coefficient (Wildman–Crippen LogP) is 5.98. The molecule has 0 aliphatic heterocycles. The highest BCUT2D eigenvalue weighted by Gasteiger charge is 2.61. The lowest BCUT2D eigenvalue weighted by Crippen LogP contribution is -2.48. The van der Waals surface area contributed by atoms with Crippen LogP contribution >= 0.6 is 23.8 Å². The maximum Gasteiger partial charge on any atom is 0.109 e. The Hall–Kier alpha value is -0.810. The first kappa shape index (κ1) is 23.4. The summed E-state index contributed by atoms with van der Waals surface area (Å²) in [6.07, 6.45) is 13.6. The zero-order valence-electron chi connectivity index (χ0n) is 18.9. The number of fused-ring (bicyclic) bond motifs is 2. The minimum atomic E-state index is -0.00920. The Morgan fingerprint density at radius 3 is 2.61 bits per heavy atom. The van der Waals surface area contributed by atoms with Crippen molar-refractivity contribution in [2.45, 2.75) is 88.6 Å². The molecule has 4 unspecified atom stereocenters. The zero-order chi connectivity index (χ0) is 21.9. The highest BCUT2D eigenvalue weighted by Crippen LogP contribution is 2.64. The smallest absolute Gasteiger partial charge is 0.109 e. The molecule has 1 aromatic carbocycles. The van der Waals surface area contributed by atoms with Gasteiger partial charge in [0, 0.05) is 23.7 Å². The number of halogens is 1. The molecule has 3 fully saturated rings. The van der Waals surface area contributed by atoms with Gasteiger partial charge >= 0.3 is 0 Å². The molecule has 170 valence electrons. The number of benzene rings is 1. The quantitative estimate of drug-likeness (QED) is 0.228. The van der Waals surface area contributed by atoms with Gasteiger partial charge in [0.2, 0.25) is 0 Å².